The van der Waals surface area contributed by atoms with Gasteiger partial charge in [-0.1, -0.05) is 23.8 Å². The molecule has 0 saturated heterocycles. The summed E-state index contributed by atoms with van der Waals surface area (Å²) in [7, 11) is 0. The monoisotopic (exact) mass is 252 g/mol. The van der Waals surface area contributed by atoms with Crippen LogP contribution in [0.4, 0.5) is 10.1 Å². The van der Waals surface area contributed by atoms with E-state index in [1.54, 1.807) is 6.07 Å². The Morgan fingerprint density at radius 2 is 2.24 bits per heavy atom. The Labute approximate surface area is 103 Å². The highest BCUT2D eigenvalue weighted by molar-refractivity contribution is 6.31. The molecule has 0 fully saturated rings. The molecule has 0 bridgehead atoms. The van der Waals surface area contributed by atoms with Gasteiger partial charge in [-0.2, -0.15) is 0 Å². The van der Waals surface area contributed by atoms with Crippen molar-refractivity contribution in [1.29, 1.82) is 0 Å². The van der Waals surface area contributed by atoms with Crippen molar-refractivity contribution in [3.8, 4) is 0 Å². The fourth-order valence-electron chi connectivity index (χ4n) is 2.41. The molecule has 1 amide bonds. The van der Waals surface area contributed by atoms with Crippen LogP contribution in [0.25, 0.3) is 0 Å². The van der Waals surface area contributed by atoms with Crippen LogP contribution in [0.2, 0.25) is 5.02 Å². The number of nitrogens with one attached hydrogen (secondary N) is 2. The molecule has 0 unspecified atom stereocenters. The van der Waals surface area contributed by atoms with Gasteiger partial charge in [0.05, 0.1) is 5.69 Å². The largest absolute Gasteiger partial charge is 0.322 e. The first-order valence-electron chi connectivity index (χ1n) is 5.33. The summed E-state index contributed by atoms with van der Waals surface area (Å²) in [5.41, 5.74) is 0.0305. The Hall–Kier alpha value is -1.39. The smallest absolute Gasteiger partial charge is 0.240 e. The van der Waals surface area contributed by atoms with Gasteiger partial charge in [-0.05, 0) is 12.1 Å². The predicted octanol–water partition coefficient (Wildman–Crippen LogP) is 1.83. The number of rotatable bonds is 0. The maximum atomic E-state index is 13.7. The zero-order valence-corrected chi connectivity index (χ0v) is 9.64. The second-order valence-electron chi connectivity index (χ2n) is 4.27. The van der Waals surface area contributed by atoms with Crippen molar-refractivity contribution in [1.82, 2.24) is 5.32 Å². The summed E-state index contributed by atoms with van der Waals surface area (Å²) in [6.45, 7) is 1.18. The highest BCUT2D eigenvalue weighted by Gasteiger charge is 2.46. The highest BCUT2D eigenvalue weighted by Crippen LogP contribution is 2.42. The van der Waals surface area contributed by atoms with E-state index in [1.807, 2.05) is 12.2 Å². The maximum Gasteiger partial charge on any atom is 0.240 e. The van der Waals surface area contributed by atoms with Crippen molar-refractivity contribution in [2.45, 2.75) is 5.41 Å². The second kappa shape index (κ2) is 3.55. The van der Waals surface area contributed by atoms with E-state index in [0.29, 0.717) is 23.7 Å². The zero-order chi connectivity index (χ0) is 12.0. The molecule has 1 atom stereocenters. The number of anilines is 1. The van der Waals surface area contributed by atoms with Gasteiger partial charge in [-0.25, -0.2) is 4.39 Å². The van der Waals surface area contributed by atoms with Crippen molar-refractivity contribution in [2.75, 3.05) is 18.4 Å². The Morgan fingerprint density at radius 3 is 2.94 bits per heavy atom. The molecule has 2 heterocycles. The number of hydrogen-bond acceptors (Lipinski definition) is 2. The van der Waals surface area contributed by atoms with Gasteiger partial charge in [0.25, 0.3) is 0 Å². The quantitative estimate of drug-likeness (QED) is 0.692. The average molecular weight is 253 g/mol. The topological polar surface area (TPSA) is 41.1 Å². The van der Waals surface area contributed by atoms with Crippen molar-refractivity contribution >= 4 is 23.2 Å². The molecule has 2 N–H and O–H groups in total. The number of fused-ring (bicyclic) bond motifs is 2. The van der Waals surface area contributed by atoms with Crippen molar-refractivity contribution in [3.63, 3.8) is 0 Å². The van der Waals surface area contributed by atoms with E-state index in [4.69, 9.17) is 11.6 Å². The van der Waals surface area contributed by atoms with Crippen LogP contribution in [0.1, 0.15) is 5.56 Å². The van der Waals surface area contributed by atoms with Crippen LogP contribution < -0.4 is 10.6 Å². The number of amides is 1. The second-order valence-corrected chi connectivity index (χ2v) is 4.71. The van der Waals surface area contributed by atoms with Crippen LogP contribution in [0.15, 0.2) is 24.3 Å². The fraction of sp³-hybridized carbons (Fsp3) is 0.250. The summed E-state index contributed by atoms with van der Waals surface area (Å²) in [6.07, 6.45) is 3.69. The molecular formula is C12H10ClFN2O. The van der Waals surface area contributed by atoms with Gasteiger partial charge in [0.15, 0.2) is 0 Å². The number of halogens is 2. The molecule has 3 rings (SSSR count). The summed E-state index contributed by atoms with van der Waals surface area (Å²) >= 11 is 5.86. The first-order valence-corrected chi connectivity index (χ1v) is 5.71. The number of benzene rings is 1. The van der Waals surface area contributed by atoms with Gasteiger partial charge in [0.2, 0.25) is 5.91 Å². The molecule has 0 aromatic heterocycles. The molecule has 0 radical (unpaired) electrons. The Bertz CT molecular complexity index is 544. The normalized spacial score (nSPS) is 26.1. The fourth-order valence-corrected chi connectivity index (χ4v) is 2.62. The molecule has 2 aliphatic rings. The molecule has 0 aliphatic carbocycles. The van der Waals surface area contributed by atoms with E-state index in [9.17, 15) is 9.18 Å². The number of hydrogen-bond donors (Lipinski definition) is 2. The lowest BCUT2D eigenvalue weighted by atomic mass is 9.80. The van der Waals surface area contributed by atoms with E-state index in [2.05, 4.69) is 10.6 Å². The molecule has 2 aliphatic heterocycles. The van der Waals surface area contributed by atoms with E-state index in [1.165, 1.54) is 6.07 Å². The molecule has 88 valence electrons. The summed E-state index contributed by atoms with van der Waals surface area (Å²) < 4.78 is 13.7. The minimum atomic E-state index is -0.820. The number of carbonyl (C=O) groups excluding carboxylic acids is 1. The zero-order valence-electron chi connectivity index (χ0n) is 8.89. The van der Waals surface area contributed by atoms with E-state index >= 15 is 0 Å². The highest BCUT2D eigenvalue weighted by atomic mass is 35.5. The summed E-state index contributed by atoms with van der Waals surface area (Å²) in [5.74, 6) is -0.700. The van der Waals surface area contributed by atoms with Crippen LogP contribution >= 0.6 is 11.6 Å². The van der Waals surface area contributed by atoms with Gasteiger partial charge in [-0.15, -0.1) is 0 Å². The van der Waals surface area contributed by atoms with Gasteiger partial charge in [0.1, 0.15) is 11.2 Å². The SMILES string of the molecule is O=C1Nc2c(F)cc(Cl)cc2[C@@]12C=CCNC2. The lowest BCUT2D eigenvalue weighted by Crippen LogP contribution is -2.45. The van der Waals surface area contributed by atoms with Crippen LogP contribution in [0, 0.1) is 5.82 Å². The predicted molar refractivity (Wildman–Crippen MR) is 63.7 cm³/mol. The molecular weight excluding hydrogens is 243 g/mol. The third-order valence-electron chi connectivity index (χ3n) is 3.25. The van der Waals surface area contributed by atoms with Gasteiger partial charge in [0, 0.05) is 23.7 Å². The third-order valence-corrected chi connectivity index (χ3v) is 3.47. The van der Waals surface area contributed by atoms with Crippen LogP contribution in [0.5, 0.6) is 0 Å². The lowest BCUT2D eigenvalue weighted by molar-refractivity contribution is -0.119. The minimum Gasteiger partial charge on any atom is -0.322 e. The molecule has 3 nitrogen and oxygen atoms in total. The van der Waals surface area contributed by atoms with Crippen LogP contribution in [0.3, 0.4) is 0 Å². The van der Waals surface area contributed by atoms with Crippen LogP contribution in [-0.2, 0) is 10.2 Å². The number of carbonyl (C=O) groups is 1. The van der Waals surface area contributed by atoms with Gasteiger partial charge < -0.3 is 10.6 Å². The van der Waals surface area contributed by atoms with Gasteiger partial charge in [-0.3, -0.25) is 4.79 Å². The summed E-state index contributed by atoms with van der Waals surface area (Å²) in [4.78, 5) is 12.1. The molecule has 17 heavy (non-hydrogen) atoms. The van der Waals surface area contributed by atoms with Crippen molar-refractivity contribution < 1.29 is 9.18 Å². The molecule has 0 saturated carbocycles. The average Bonchev–Trinajstić information content (AvgIpc) is 2.56. The first kappa shape index (κ1) is 10.7. The Morgan fingerprint density at radius 1 is 1.41 bits per heavy atom. The van der Waals surface area contributed by atoms with Gasteiger partial charge >= 0.3 is 0 Å². The van der Waals surface area contributed by atoms with Crippen LogP contribution in [-0.4, -0.2) is 19.0 Å². The maximum absolute atomic E-state index is 13.7. The molecule has 1 aromatic rings. The van der Waals surface area contributed by atoms with E-state index < -0.39 is 11.2 Å². The van der Waals surface area contributed by atoms with Crippen molar-refractivity contribution in [2.24, 2.45) is 0 Å². The van der Waals surface area contributed by atoms with E-state index in [0.717, 1.165) is 0 Å². The van der Waals surface area contributed by atoms with Crippen molar-refractivity contribution in [3.05, 3.63) is 40.7 Å². The van der Waals surface area contributed by atoms with E-state index in [-0.39, 0.29) is 11.6 Å². The minimum absolute atomic E-state index is 0.211. The first-order chi connectivity index (χ1) is 8.13. The Balaban J connectivity index is 2.25. The Kier molecular flexibility index (Phi) is 2.24. The summed E-state index contributed by atoms with van der Waals surface area (Å²) in [6, 6.07) is 2.86. The molecule has 1 aromatic carbocycles. The lowest BCUT2D eigenvalue weighted by Gasteiger charge is -2.27. The molecule has 1 spiro atoms. The third kappa shape index (κ3) is 1.41. The standard InChI is InChI=1S/C12H10ClFN2O/c13-7-4-8-10(9(14)5-7)16-11(17)12(8)2-1-3-15-6-12/h1-2,4-5,15H,3,6H2,(H,16,17)/t12-/m0/s1. The molecule has 5 heteroatoms. The summed E-state index contributed by atoms with van der Waals surface area (Å²) in [5, 5.41) is 6.01.